The van der Waals surface area contributed by atoms with Crippen LogP contribution in [0.25, 0.3) is 0 Å². The van der Waals surface area contributed by atoms with Gasteiger partial charge in [-0.2, -0.15) is 0 Å². The molecule has 1 unspecified atom stereocenters. The summed E-state index contributed by atoms with van der Waals surface area (Å²) in [5.74, 6) is 0.926. The van der Waals surface area contributed by atoms with Gasteiger partial charge in [-0.1, -0.05) is 24.3 Å². The van der Waals surface area contributed by atoms with E-state index in [0.29, 0.717) is 5.75 Å². The Kier molecular flexibility index (Phi) is 4.49. The SMILES string of the molecule is Cc1cccc(N2C(=O)CSC2c2ccc(NC(=O)C3CC3)cc2)c1C. The molecule has 1 heterocycles. The molecule has 4 nitrogen and oxygen atoms in total. The number of amides is 2. The van der Waals surface area contributed by atoms with Gasteiger partial charge in [0, 0.05) is 17.3 Å². The lowest BCUT2D eigenvalue weighted by atomic mass is 10.1. The summed E-state index contributed by atoms with van der Waals surface area (Å²) in [6, 6.07) is 14.0. The van der Waals surface area contributed by atoms with E-state index in [0.717, 1.165) is 35.3 Å². The van der Waals surface area contributed by atoms with Crippen molar-refractivity contribution in [2.45, 2.75) is 32.1 Å². The van der Waals surface area contributed by atoms with E-state index in [9.17, 15) is 9.59 Å². The quantitative estimate of drug-likeness (QED) is 0.871. The van der Waals surface area contributed by atoms with Crippen LogP contribution < -0.4 is 10.2 Å². The van der Waals surface area contributed by atoms with Gasteiger partial charge in [0.15, 0.2) is 0 Å². The Hall–Kier alpha value is -2.27. The van der Waals surface area contributed by atoms with Crippen LogP contribution in [-0.2, 0) is 9.59 Å². The summed E-state index contributed by atoms with van der Waals surface area (Å²) in [4.78, 5) is 26.4. The zero-order chi connectivity index (χ0) is 18.3. The van der Waals surface area contributed by atoms with Gasteiger partial charge in [0.25, 0.3) is 0 Å². The van der Waals surface area contributed by atoms with Gasteiger partial charge in [-0.25, -0.2) is 0 Å². The highest BCUT2D eigenvalue weighted by Gasteiger charge is 2.35. The maximum Gasteiger partial charge on any atom is 0.238 e. The van der Waals surface area contributed by atoms with Crippen LogP contribution in [0.4, 0.5) is 11.4 Å². The first-order valence-corrected chi connectivity index (χ1v) is 10.00. The first-order chi connectivity index (χ1) is 12.5. The third-order valence-electron chi connectivity index (χ3n) is 5.11. The van der Waals surface area contributed by atoms with Gasteiger partial charge >= 0.3 is 0 Å². The molecule has 0 aromatic heterocycles. The number of nitrogens with one attached hydrogen (secondary N) is 1. The topological polar surface area (TPSA) is 49.4 Å². The second-order valence-corrected chi connectivity index (χ2v) is 8.10. The van der Waals surface area contributed by atoms with E-state index < -0.39 is 0 Å². The van der Waals surface area contributed by atoms with Crippen LogP contribution >= 0.6 is 11.8 Å². The maximum absolute atomic E-state index is 12.6. The molecule has 1 N–H and O–H groups in total. The lowest BCUT2D eigenvalue weighted by molar-refractivity contribution is -0.117. The molecule has 0 spiro atoms. The molecule has 2 aromatic rings. The number of carbonyl (C=O) groups excluding carboxylic acids is 2. The zero-order valence-corrected chi connectivity index (χ0v) is 15.8. The lowest BCUT2D eigenvalue weighted by Crippen LogP contribution is -2.28. The summed E-state index contributed by atoms with van der Waals surface area (Å²) in [7, 11) is 0. The Labute approximate surface area is 158 Å². The standard InChI is InChI=1S/C21H22N2O2S/c1-13-4-3-5-18(14(13)2)23-19(24)12-26-21(23)16-8-10-17(11-9-16)22-20(25)15-6-7-15/h3-5,8-11,15,21H,6-7,12H2,1-2H3,(H,22,25). The normalized spacial score (nSPS) is 19.7. The molecule has 2 fully saturated rings. The van der Waals surface area contributed by atoms with E-state index in [1.807, 2.05) is 41.3 Å². The number of hydrogen-bond donors (Lipinski definition) is 1. The van der Waals surface area contributed by atoms with Crippen molar-refractivity contribution in [2.75, 3.05) is 16.0 Å². The fraction of sp³-hybridized carbons (Fsp3) is 0.333. The average molecular weight is 366 g/mol. The predicted octanol–water partition coefficient (Wildman–Crippen LogP) is 4.43. The molecule has 2 amide bonds. The van der Waals surface area contributed by atoms with Crippen molar-refractivity contribution in [3.8, 4) is 0 Å². The molecule has 1 saturated heterocycles. The van der Waals surface area contributed by atoms with Crippen molar-refractivity contribution in [2.24, 2.45) is 5.92 Å². The van der Waals surface area contributed by atoms with Crippen molar-refractivity contribution in [1.29, 1.82) is 0 Å². The lowest BCUT2D eigenvalue weighted by Gasteiger charge is -2.26. The van der Waals surface area contributed by atoms with E-state index in [-0.39, 0.29) is 23.1 Å². The zero-order valence-electron chi connectivity index (χ0n) is 15.0. The summed E-state index contributed by atoms with van der Waals surface area (Å²) in [5.41, 5.74) is 5.20. The molecule has 2 aromatic carbocycles. The third kappa shape index (κ3) is 3.23. The third-order valence-corrected chi connectivity index (χ3v) is 6.33. The van der Waals surface area contributed by atoms with Crippen LogP contribution in [0.5, 0.6) is 0 Å². The first-order valence-electron chi connectivity index (χ1n) is 8.95. The molecule has 0 radical (unpaired) electrons. The monoisotopic (exact) mass is 366 g/mol. The van der Waals surface area contributed by atoms with Crippen molar-refractivity contribution in [1.82, 2.24) is 0 Å². The van der Waals surface area contributed by atoms with E-state index in [4.69, 9.17) is 0 Å². The Bertz CT molecular complexity index is 859. The summed E-state index contributed by atoms with van der Waals surface area (Å²) in [5, 5.41) is 2.93. The second-order valence-electron chi connectivity index (χ2n) is 7.03. The Morgan fingerprint density at radius 1 is 1.12 bits per heavy atom. The summed E-state index contributed by atoms with van der Waals surface area (Å²) in [6.45, 7) is 4.13. The highest BCUT2D eigenvalue weighted by Crippen LogP contribution is 2.43. The molecule has 2 aliphatic rings. The summed E-state index contributed by atoms with van der Waals surface area (Å²) in [6.07, 6.45) is 1.99. The second kappa shape index (κ2) is 6.80. The van der Waals surface area contributed by atoms with Gasteiger partial charge in [-0.05, 0) is 61.6 Å². The smallest absolute Gasteiger partial charge is 0.238 e. The number of benzene rings is 2. The van der Waals surface area contributed by atoms with Crippen molar-refractivity contribution < 1.29 is 9.59 Å². The highest BCUT2D eigenvalue weighted by molar-refractivity contribution is 8.00. The van der Waals surface area contributed by atoms with Crippen LogP contribution in [0.15, 0.2) is 42.5 Å². The molecule has 134 valence electrons. The number of hydrogen-bond acceptors (Lipinski definition) is 3. The Balaban J connectivity index is 1.58. The van der Waals surface area contributed by atoms with Crippen LogP contribution in [0.2, 0.25) is 0 Å². The molecule has 1 aliphatic heterocycles. The average Bonchev–Trinajstić information content (AvgIpc) is 3.42. The van der Waals surface area contributed by atoms with Crippen LogP contribution in [0.1, 0.15) is 34.9 Å². The molecule has 5 heteroatoms. The van der Waals surface area contributed by atoms with Gasteiger partial charge in [0.2, 0.25) is 11.8 Å². The van der Waals surface area contributed by atoms with Crippen LogP contribution in [0, 0.1) is 19.8 Å². The molecule has 1 aliphatic carbocycles. The number of anilines is 2. The van der Waals surface area contributed by atoms with E-state index in [1.165, 1.54) is 5.56 Å². The fourth-order valence-corrected chi connectivity index (χ4v) is 4.42. The minimum atomic E-state index is -0.0313. The van der Waals surface area contributed by atoms with Gasteiger partial charge in [0.05, 0.1) is 5.75 Å². The summed E-state index contributed by atoms with van der Waals surface area (Å²) >= 11 is 1.64. The van der Waals surface area contributed by atoms with Gasteiger partial charge < -0.3 is 5.32 Å². The first kappa shape index (κ1) is 17.2. The highest BCUT2D eigenvalue weighted by atomic mass is 32.2. The minimum Gasteiger partial charge on any atom is -0.326 e. The van der Waals surface area contributed by atoms with Crippen LogP contribution in [-0.4, -0.2) is 17.6 Å². The predicted molar refractivity (Wildman–Crippen MR) is 106 cm³/mol. The number of aryl methyl sites for hydroxylation is 1. The number of carbonyl (C=O) groups is 2. The molecular weight excluding hydrogens is 344 g/mol. The number of rotatable bonds is 4. The molecule has 4 rings (SSSR count). The Morgan fingerprint density at radius 2 is 1.85 bits per heavy atom. The number of thioether (sulfide) groups is 1. The van der Waals surface area contributed by atoms with Crippen molar-refractivity contribution in [3.05, 3.63) is 59.2 Å². The van der Waals surface area contributed by atoms with Crippen molar-refractivity contribution in [3.63, 3.8) is 0 Å². The molecule has 26 heavy (non-hydrogen) atoms. The van der Waals surface area contributed by atoms with E-state index >= 15 is 0 Å². The molecule has 1 atom stereocenters. The molecule has 0 bridgehead atoms. The maximum atomic E-state index is 12.6. The van der Waals surface area contributed by atoms with Crippen LogP contribution in [0.3, 0.4) is 0 Å². The number of nitrogens with zero attached hydrogens (tertiary/aromatic N) is 1. The minimum absolute atomic E-state index is 0.0313. The van der Waals surface area contributed by atoms with Gasteiger partial charge in [0.1, 0.15) is 5.37 Å². The largest absolute Gasteiger partial charge is 0.326 e. The van der Waals surface area contributed by atoms with Gasteiger partial charge in [-0.3, -0.25) is 14.5 Å². The molecule has 1 saturated carbocycles. The van der Waals surface area contributed by atoms with Crippen molar-refractivity contribution >= 4 is 35.0 Å². The Morgan fingerprint density at radius 3 is 2.54 bits per heavy atom. The molecular formula is C21H22N2O2S. The fourth-order valence-electron chi connectivity index (χ4n) is 3.25. The summed E-state index contributed by atoms with van der Waals surface area (Å²) < 4.78 is 0. The van der Waals surface area contributed by atoms with Gasteiger partial charge in [-0.15, -0.1) is 11.8 Å². The van der Waals surface area contributed by atoms with E-state index in [2.05, 4.69) is 25.2 Å². The van der Waals surface area contributed by atoms with E-state index in [1.54, 1.807) is 11.8 Å².